The maximum atomic E-state index is 14.7. The van der Waals surface area contributed by atoms with Crippen molar-refractivity contribution in [2.75, 3.05) is 26.7 Å². The first-order valence-electron chi connectivity index (χ1n) is 24.7. The molecule has 0 bridgehead atoms. The number of carbonyl (C=O) groups excluding carboxylic acids is 7. The van der Waals surface area contributed by atoms with Crippen LogP contribution in [0.5, 0.6) is 5.75 Å². The number of rotatable bonds is 28. The summed E-state index contributed by atoms with van der Waals surface area (Å²) in [6.45, 7) is 7.08. The van der Waals surface area contributed by atoms with Gasteiger partial charge in [-0.2, -0.15) is 0 Å². The van der Waals surface area contributed by atoms with Crippen LogP contribution in [-0.4, -0.2) is 147 Å². The molecule has 28 heteroatoms. The van der Waals surface area contributed by atoms with Gasteiger partial charge in [-0.25, -0.2) is 9.78 Å². The SMILES string of the molecule is CC[C@H](C)[C@H](NC(=O)[C@H](Cc1ccc(O)cc1)NC(=O)[C@@H](NC(=O)[C@H](CCCN=C(N)N)NC(=O)CNC)C(C)C)C(=O)N[C@@H](Cc1cnc[nH]1)C(=O)N1CCC[C@H]1C(=O)N[C@@H](Cc1c(Br)c(Br)c(Br)c(Br)c1Br)C(=O)O. The number of imidazole rings is 1. The maximum absolute atomic E-state index is 14.7. The van der Waals surface area contributed by atoms with E-state index in [9.17, 15) is 48.6 Å². The van der Waals surface area contributed by atoms with Crippen molar-refractivity contribution in [1.82, 2.24) is 52.1 Å². The molecule has 3 aromatic rings. The van der Waals surface area contributed by atoms with Crippen LogP contribution < -0.4 is 48.7 Å². The number of H-pyrrole nitrogens is 1. The van der Waals surface area contributed by atoms with Gasteiger partial charge in [-0.1, -0.05) is 46.2 Å². The highest BCUT2D eigenvalue weighted by Crippen LogP contribution is 2.45. The predicted molar refractivity (Wildman–Crippen MR) is 305 cm³/mol. The minimum atomic E-state index is -1.42. The summed E-state index contributed by atoms with van der Waals surface area (Å²) in [4.78, 5) is 124. The maximum Gasteiger partial charge on any atom is 0.326 e. The molecule has 7 amide bonds. The zero-order chi connectivity index (χ0) is 57.3. The average Bonchev–Trinajstić information content (AvgIpc) is 4.10. The van der Waals surface area contributed by atoms with Gasteiger partial charge in [-0.15, -0.1) is 0 Å². The largest absolute Gasteiger partial charge is 0.508 e. The number of likely N-dealkylation sites (tertiary alicyclic amines) is 1. The minimum Gasteiger partial charge on any atom is -0.508 e. The number of nitrogens with two attached hydrogens (primary N) is 2. The third kappa shape index (κ3) is 18.7. The molecule has 8 atom stereocenters. The number of aromatic nitrogens is 2. The van der Waals surface area contributed by atoms with Gasteiger partial charge in [-0.05, 0) is 147 Å². The van der Waals surface area contributed by atoms with E-state index in [0.717, 1.165) is 0 Å². The molecule has 23 nitrogen and oxygen atoms in total. The van der Waals surface area contributed by atoms with Gasteiger partial charge in [0.2, 0.25) is 41.4 Å². The van der Waals surface area contributed by atoms with Gasteiger partial charge < -0.3 is 68.8 Å². The number of nitrogens with one attached hydrogen (secondary N) is 8. The Morgan fingerprint density at radius 3 is 1.94 bits per heavy atom. The predicted octanol–water partition coefficient (Wildman–Crippen LogP) is 2.92. The fraction of sp³-hybridized carbons (Fsp3) is 0.510. The first kappa shape index (κ1) is 64.4. The molecule has 422 valence electrons. The molecule has 1 saturated heterocycles. The highest BCUT2D eigenvalue weighted by molar-refractivity contribution is 9.15. The van der Waals surface area contributed by atoms with Crippen molar-refractivity contribution >= 4 is 133 Å². The summed E-state index contributed by atoms with van der Waals surface area (Å²) in [6.07, 6.45) is 3.87. The van der Waals surface area contributed by atoms with Crippen LogP contribution in [0.1, 0.15) is 76.6 Å². The van der Waals surface area contributed by atoms with Crippen LogP contribution in [0.2, 0.25) is 0 Å². The van der Waals surface area contributed by atoms with Crippen molar-refractivity contribution in [3.8, 4) is 5.75 Å². The first-order chi connectivity index (χ1) is 36.4. The molecule has 0 aliphatic carbocycles. The van der Waals surface area contributed by atoms with Gasteiger partial charge in [0.25, 0.3) is 0 Å². The van der Waals surface area contributed by atoms with Crippen LogP contribution >= 0.6 is 79.6 Å². The van der Waals surface area contributed by atoms with E-state index >= 15 is 0 Å². The smallest absolute Gasteiger partial charge is 0.326 e. The summed E-state index contributed by atoms with van der Waals surface area (Å²) in [5.41, 5.74) is 12.4. The molecular formula is C49H66Br5N13O10. The number of phenols is 1. The van der Waals surface area contributed by atoms with E-state index in [1.807, 2.05) is 0 Å². The number of carboxylic acids is 1. The van der Waals surface area contributed by atoms with Gasteiger partial charge in [0.05, 0.1) is 12.9 Å². The molecule has 0 radical (unpaired) electrons. The second-order valence-corrected chi connectivity index (χ2v) is 22.8. The fourth-order valence-corrected chi connectivity index (χ4v) is 11.8. The second kappa shape index (κ2) is 30.8. The lowest BCUT2D eigenvalue weighted by atomic mass is 9.96. The molecule has 1 aliphatic heterocycles. The zero-order valence-electron chi connectivity index (χ0n) is 43.0. The molecule has 4 rings (SSSR count). The number of guanidine groups is 1. The molecule has 0 saturated carbocycles. The number of aromatic amines is 1. The molecular weight excluding hydrogens is 1330 g/mol. The number of benzene rings is 2. The number of carboxylic acid groups (broad SMARTS) is 1. The Kier molecular flexibility index (Phi) is 25.8. The van der Waals surface area contributed by atoms with E-state index < -0.39 is 101 Å². The fourth-order valence-electron chi connectivity index (χ4n) is 8.34. The molecule has 2 heterocycles. The number of halogens is 5. The number of aliphatic carboxylic acids is 1. The van der Waals surface area contributed by atoms with Gasteiger partial charge in [0.15, 0.2) is 5.96 Å². The Morgan fingerprint density at radius 2 is 1.36 bits per heavy atom. The summed E-state index contributed by atoms with van der Waals surface area (Å²) < 4.78 is 2.98. The molecule has 1 fully saturated rings. The number of amides is 7. The van der Waals surface area contributed by atoms with E-state index in [4.69, 9.17) is 11.5 Å². The third-order valence-corrected chi connectivity index (χ3v) is 19.0. The van der Waals surface area contributed by atoms with Crippen LogP contribution in [0.15, 0.2) is 64.1 Å². The van der Waals surface area contributed by atoms with Crippen LogP contribution in [0.4, 0.5) is 0 Å². The van der Waals surface area contributed by atoms with Crippen LogP contribution in [-0.2, 0) is 57.6 Å². The monoisotopic (exact) mass is 1390 g/mol. The van der Waals surface area contributed by atoms with E-state index in [1.165, 1.54) is 29.6 Å². The number of phenolic OH excluding ortho intramolecular Hbond substituents is 1. The average molecular weight is 1400 g/mol. The number of nitrogens with zero attached hydrogens (tertiary/aromatic N) is 3. The first-order valence-corrected chi connectivity index (χ1v) is 28.6. The molecule has 77 heavy (non-hydrogen) atoms. The Hall–Kier alpha value is -5.16. The number of aromatic hydroxyl groups is 1. The van der Waals surface area contributed by atoms with Crippen molar-refractivity contribution in [3.63, 3.8) is 0 Å². The van der Waals surface area contributed by atoms with E-state index in [-0.39, 0.29) is 63.4 Å². The van der Waals surface area contributed by atoms with Gasteiger partial charge in [-0.3, -0.25) is 38.6 Å². The minimum absolute atomic E-state index is 0.0466. The molecule has 2 aromatic carbocycles. The van der Waals surface area contributed by atoms with E-state index in [0.29, 0.717) is 58.4 Å². The van der Waals surface area contributed by atoms with Crippen LogP contribution in [0, 0.1) is 11.8 Å². The summed E-state index contributed by atoms with van der Waals surface area (Å²) in [7, 11) is 1.57. The molecule has 14 N–H and O–H groups in total. The Labute approximate surface area is 488 Å². The Bertz CT molecular complexity index is 2580. The van der Waals surface area contributed by atoms with Crippen molar-refractivity contribution in [1.29, 1.82) is 0 Å². The lowest BCUT2D eigenvalue weighted by molar-refractivity contribution is -0.145. The van der Waals surface area contributed by atoms with Crippen molar-refractivity contribution in [2.45, 2.75) is 121 Å². The highest BCUT2D eigenvalue weighted by Gasteiger charge is 2.41. The Balaban J connectivity index is 1.60. The summed E-state index contributed by atoms with van der Waals surface area (Å²) in [5, 5.41) is 39.5. The Morgan fingerprint density at radius 1 is 0.766 bits per heavy atom. The lowest BCUT2D eigenvalue weighted by Gasteiger charge is -2.32. The summed E-state index contributed by atoms with van der Waals surface area (Å²) in [5.74, 6) is -7.40. The number of hydrogen-bond acceptors (Lipinski definition) is 12. The number of carbonyl (C=O) groups is 8. The molecule has 0 spiro atoms. The van der Waals surface area contributed by atoms with Gasteiger partial charge in [0.1, 0.15) is 48.0 Å². The van der Waals surface area contributed by atoms with Crippen molar-refractivity contribution in [3.05, 3.63) is 76.0 Å². The second-order valence-electron chi connectivity index (χ2n) is 18.8. The lowest BCUT2D eigenvalue weighted by Crippen LogP contribution is -2.62. The normalized spacial score (nSPS) is 15.9. The quantitative estimate of drug-likeness (QED) is 0.0164. The topological polar surface area (TPSA) is 358 Å². The molecule has 1 aromatic heterocycles. The van der Waals surface area contributed by atoms with Gasteiger partial charge >= 0.3 is 5.97 Å². The van der Waals surface area contributed by atoms with Crippen LogP contribution in [0.25, 0.3) is 0 Å². The summed E-state index contributed by atoms with van der Waals surface area (Å²) >= 11 is 17.5. The van der Waals surface area contributed by atoms with Crippen molar-refractivity contribution < 1.29 is 48.6 Å². The molecule has 0 unspecified atom stereocenters. The zero-order valence-corrected chi connectivity index (χ0v) is 50.9. The number of hydrogen-bond donors (Lipinski definition) is 12. The molecule has 1 aliphatic rings. The summed E-state index contributed by atoms with van der Waals surface area (Å²) in [6, 6.07) is -2.89. The number of likely N-dealkylation sites (N-methyl/N-ethyl adjacent to an activating group) is 1. The van der Waals surface area contributed by atoms with E-state index in [2.05, 4.69) is 132 Å². The highest BCUT2D eigenvalue weighted by atomic mass is 79.9. The van der Waals surface area contributed by atoms with Gasteiger partial charge in [0, 0.05) is 66.6 Å². The van der Waals surface area contributed by atoms with E-state index in [1.54, 1.807) is 46.9 Å². The number of aliphatic imine (C=N–C) groups is 1. The van der Waals surface area contributed by atoms with Crippen molar-refractivity contribution in [2.24, 2.45) is 28.3 Å². The van der Waals surface area contributed by atoms with Crippen LogP contribution in [0.3, 0.4) is 0 Å². The standard InChI is InChI=1S/C49H66Br5N13O10/c1-6-24(4)41(66-43(71)30(17-25-11-13-27(68)14-12-25)62-45(73)40(23(2)3)65-42(70)29(61-34(69)21-57-5)9-7-15-59-49(55)56)46(74)63-31(18-26-20-58-22-60-26)47(75)67-16-8-10-33(67)44(72)64-32(48(76)77)19-28-35(50)37(52)39(54)38(53)36(28)51/h11-14,20,22-24,29-33,40-41,57,68H,6-10,15-19,21H2,1-5H3,(H,58,60)(H,61,69)(H,62,73)(H,63,74)(H,64,72)(H,65,70)(H,66,71)(H,76,77)(H4,55,56,59)/t24-,29-,30-,31-,32-,33-,40-,41-/m0/s1. The third-order valence-electron chi connectivity index (χ3n) is 12.7.